The maximum absolute atomic E-state index is 6.27. The first-order valence-electron chi connectivity index (χ1n) is 16.8. The molecule has 3 heteroatoms. The van der Waals surface area contributed by atoms with Gasteiger partial charge < -0.3 is 9.47 Å². The number of benzene rings is 2. The molecule has 0 bridgehead atoms. The van der Waals surface area contributed by atoms with Gasteiger partial charge in [-0.1, -0.05) is 148 Å². The molecule has 0 aromatic heterocycles. The fraction of sp³-hybridized carbons (Fsp3) is 0.649. The Bertz CT molecular complexity index is 864. The van der Waals surface area contributed by atoms with E-state index in [2.05, 4.69) is 37.0 Å². The zero-order valence-electron chi connectivity index (χ0n) is 26.0. The lowest BCUT2D eigenvalue weighted by Crippen LogP contribution is -2.03. The van der Waals surface area contributed by atoms with E-state index in [0.717, 1.165) is 48.8 Å². The quantitative estimate of drug-likeness (QED) is 0.0863. The lowest BCUT2D eigenvalue weighted by Gasteiger charge is -2.14. The molecule has 0 fully saturated rings. The van der Waals surface area contributed by atoms with Gasteiger partial charge in [-0.05, 0) is 48.7 Å². The highest BCUT2D eigenvalue weighted by Gasteiger charge is 2.07. The van der Waals surface area contributed by atoms with E-state index in [9.17, 15) is 0 Å². The minimum Gasteiger partial charge on any atom is -0.490 e. The summed E-state index contributed by atoms with van der Waals surface area (Å²) >= 11 is 0. The van der Waals surface area contributed by atoms with Crippen molar-refractivity contribution in [2.24, 2.45) is 4.99 Å². The van der Waals surface area contributed by atoms with Gasteiger partial charge in [-0.3, -0.25) is 4.99 Å². The molecule has 2 aromatic carbocycles. The molecule has 0 spiro atoms. The average Bonchev–Trinajstić information content (AvgIpc) is 2.98. The molecule has 0 N–H and O–H groups in total. The fourth-order valence-electron chi connectivity index (χ4n) is 5.04. The van der Waals surface area contributed by atoms with E-state index in [1.165, 1.54) is 116 Å². The van der Waals surface area contributed by atoms with Crippen LogP contribution in [0.4, 0.5) is 5.69 Å². The molecule has 0 unspecified atom stereocenters. The van der Waals surface area contributed by atoms with Gasteiger partial charge in [0.2, 0.25) is 0 Å². The van der Waals surface area contributed by atoms with Gasteiger partial charge in [0.25, 0.3) is 0 Å². The fourth-order valence-corrected chi connectivity index (χ4v) is 5.04. The van der Waals surface area contributed by atoms with Crippen LogP contribution in [0.15, 0.2) is 53.5 Å². The van der Waals surface area contributed by atoms with Crippen molar-refractivity contribution in [3.8, 4) is 11.5 Å². The van der Waals surface area contributed by atoms with Crippen LogP contribution in [0.3, 0.4) is 0 Å². The van der Waals surface area contributed by atoms with Crippen molar-refractivity contribution in [2.45, 2.75) is 142 Å². The summed E-state index contributed by atoms with van der Waals surface area (Å²) in [6.45, 7) is 6.06. The Balaban J connectivity index is 1.73. The van der Waals surface area contributed by atoms with Crippen LogP contribution in [0.1, 0.15) is 148 Å². The number of ether oxygens (including phenoxy) is 2. The third kappa shape index (κ3) is 17.4. The summed E-state index contributed by atoms with van der Waals surface area (Å²) in [4.78, 5) is 4.62. The number of unbranched alkanes of at least 4 members (excludes halogenated alkanes) is 18. The number of hydrogen-bond donors (Lipinski definition) is 0. The minimum atomic E-state index is 0.740. The van der Waals surface area contributed by atoms with Gasteiger partial charge in [0.05, 0.1) is 18.9 Å². The molecule has 2 rings (SSSR count). The monoisotopic (exact) mass is 549 g/mol. The molecule has 3 nitrogen and oxygen atoms in total. The molecule has 0 aliphatic heterocycles. The van der Waals surface area contributed by atoms with Crippen LogP contribution in [0.25, 0.3) is 0 Å². The zero-order chi connectivity index (χ0) is 28.4. The van der Waals surface area contributed by atoms with Crippen molar-refractivity contribution in [1.29, 1.82) is 0 Å². The molecule has 0 aliphatic carbocycles. The van der Waals surface area contributed by atoms with Crippen LogP contribution < -0.4 is 9.47 Å². The molecular formula is C37H59NO2. The second-order valence-corrected chi connectivity index (χ2v) is 11.4. The number of aliphatic imine (C=N–C) groups is 1. The number of nitrogens with zero attached hydrogens (tertiary/aromatic N) is 1. The number of para-hydroxylation sites is 1. The van der Waals surface area contributed by atoms with E-state index in [-0.39, 0.29) is 0 Å². The summed E-state index contributed by atoms with van der Waals surface area (Å²) in [7, 11) is 0. The van der Waals surface area contributed by atoms with Gasteiger partial charge >= 0.3 is 0 Å². The molecule has 0 aliphatic rings. The summed E-state index contributed by atoms with van der Waals surface area (Å²) in [5.74, 6) is 1.71. The molecule has 2 aromatic rings. The average molecular weight is 550 g/mol. The van der Waals surface area contributed by atoms with Gasteiger partial charge in [0, 0.05) is 6.21 Å². The predicted molar refractivity (Wildman–Crippen MR) is 175 cm³/mol. The number of hydrogen-bond acceptors (Lipinski definition) is 3. The summed E-state index contributed by atoms with van der Waals surface area (Å²) in [5.41, 5.74) is 1.99. The minimum absolute atomic E-state index is 0.740. The largest absolute Gasteiger partial charge is 0.490 e. The van der Waals surface area contributed by atoms with Gasteiger partial charge in [0.1, 0.15) is 0 Å². The molecule has 0 amide bonds. The van der Waals surface area contributed by atoms with Crippen LogP contribution in [-0.2, 0) is 0 Å². The highest BCUT2D eigenvalue weighted by Crippen LogP contribution is 2.29. The summed E-state index contributed by atoms with van der Waals surface area (Å²) in [6.07, 6.45) is 28.5. The third-order valence-electron chi connectivity index (χ3n) is 7.60. The van der Waals surface area contributed by atoms with E-state index in [4.69, 9.17) is 9.47 Å². The third-order valence-corrected chi connectivity index (χ3v) is 7.60. The molecule has 0 heterocycles. The molecule has 0 atom stereocenters. The maximum atomic E-state index is 6.27. The Morgan fingerprint density at radius 3 is 1.45 bits per heavy atom. The Morgan fingerprint density at radius 2 is 0.950 bits per heavy atom. The Kier molecular flexibility index (Phi) is 20.8. The molecule has 0 radical (unpaired) electrons. The van der Waals surface area contributed by atoms with Crippen molar-refractivity contribution in [1.82, 2.24) is 0 Å². The summed E-state index contributed by atoms with van der Waals surface area (Å²) < 4.78 is 12.5. The SMILES string of the molecule is CCCCCCCCCCCCOc1ccc(C=Nc2ccccc2)cc1OCCCCCCCCCCCC. The molecule has 224 valence electrons. The van der Waals surface area contributed by atoms with E-state index in [1.807, 2.05) is 36.5 Å². The molecule has 40 heavy (non-hydrogen) atoms. The predicted octanol–water partition coefficient (Wildman–Crippen LogP) is 12.0. The normalized spacial score (nSPS) is 11.3. The summed E-state index contributed by atoms with van der Waals surface area (Å²) in [6, 6.07) is 16.3. The first-order valence-corrected chi connectivity index (χ1v) is 16.8. The highest BCUT2D eigenvalue weighted by molar-refractivity contribution is 5.83. The van der Waals surface area contributed by atoms with E-state index in [1.54, 1.807) is 0 Å². The topological polar surface area (TPSA) is 30.8 Å². The first-order chi connectivity index (χ1) is 19.8. The second kappa shape index (κ2) is 24.5. The van der Waals surface area contributed by atoms with Crippen molar-refractivity contribution < 1.29 is 9.47 Å². The zero-order valence-corrected chi connectivity index (χ0v) is 26.0. The van der Waals surface area contributed by atoms with Crippen LogP contribution in [0.2, 0.25) is 0 Å². The molecule has 0 saturated heterocycles. The number of rotatable bonds is 26. The first kappa shape index (κ1) is 33.9. The Morgan fingerprint density at radius 1 is 0.500 bits per heavy atom. The van der Waals surface area contributed by atoms with Gasteiger partial charge in [-0.2, -0.15) is 0 Å². The summed E-state index contributed by atoms with van der Waals surface area (Å²) in [5, 5.41) is 0. The van der Waals surface area contributed by atoms with Crippen LogP contribution in [0.5, 0.6) is 11.5 Å². The van der Waals surface area contributed by atoms with Crippen molar-refractivity contribution in [2.75, 3.05) is 13.2 Å². The smallest absolute Gasteiger partial charge is 0.161 e. The van der Waals surface area contributed by atoms with Crippen LogP contribution >= 0.6 is 0 Å². The standard InChI is InChI=1S/C37H59NO2/c1-3-5-7-9-11-13-15-17-19-24-30-39-36-29-28-34(33-38-35-26-22-21-23-27-35)32-37(36)40-31-25-20-18-16-14-12-10-8-6-4-2/h21-23,26-29,32-33H,3-20,24-25,30-31H2,1-2H3. The highest BCUT2D eigenvalue weighted by atomic mass is 16.5. The Labute approximate surface area is 247 Å². The van der Waals surface area contributed by atoms with Crippen LogP contribution in [0, 0.1) is 0 Å². The van der Waals surface area contributed by atoms with Crippen LogP contribution in [-0.4, -0.2) is 19.4 Å². The maximum Gasteiger partial charge on any atom is 0.161 e. The van der Waals surface area contributed by atoms with Crippen molar-refractivity contribution >= 4 is 11.9 Å². The lowest BCUT2D eigenvalue weighted by molar-refractivity contribution is 0.258. The van der Waals surface area contributed by atoms with Gasteiger partial charge in [0.15, 0.2) is 11.5 Å². The van der Waals surface area contributed by atoms with E-state index >= 15 is 0 Å². The van der Waals surface area contributed by atoms with E-state index < -0.39 is 0 Å². The second-order valence-electron chi connectivity index (χ2n) is 11.4. The van der Waals surface area contributed by atoms with E-state index in [0.29, 0.717) is 0 Å². The van der Waals surface area contributed by atoms with Crippen molar-refractivity contribution in [3.05, 3.63) is 54.1 Å². The van der Waals surface area contributed by atoms with Gasteiger partial charge in [-0.25, -0.2) is 0 Å². The van der Waals surface area contributed by atoms with Crippen molar-refractivity contribution in [3.63, 3.8) is 0 Å². The van der Waals surface area contributed by atoms with Gasteiger partial charge in [-0.15, -0.1) is 0 Å². The molecule has 0 saturated carbocycles. The lowest BCUT2D eigenvalue weighted by atomic mass is 10.1. The molecular weight excluding hydrogens is 490 g/mol. The Hall–Kier alpha value is -2.29.